The van der Waals surface area contributed by atoms with Gasteiger partial charge in [-0.25, -0.2) is 4.98 Å². The fraction of sp³-hybridized carbons (Fsp3) is 0.316. The zero-order chi connectivity index (χ0) is 19.6. The minimum absolute atomic E-state index is 0.0683. The highest BCUT2D eigenvalue weighted by Gasteiger charge is 2.14. The van der Waals surface area contributed by atoms with Crippen LogP contribution in [0.2, 0.25) is 10.0 Å². The van der Waals surface area contributed by atoms with Crippen LogP contribution in [-0.4, -0.2) is 29.1 Å². The average molecular weight is 426 g/mol. The number of nitrogens with zero attached hydrogens (tertiary/aromatic N) is 1. The van der Waals surface area contributed by atoms with Crippen molar-refractivity contribution in [2.75, 3.05) is 12.3 Å². The van der Waals surface area contributed by atoms with Gasteiger partial charge in [0.15, 0.2) is 0 Å². The molecule has 1 aromatic carbocycles. The van der Waals surface area contributed by atoms with Gasteiger partial charge < -0.3 is 10.6 Å². The van der Waals surface area contributed by atoms with Gasteiger partial charge in [-0.05, 0) is 36.2 Å². The molecule has 1 aromatic heterocycles. The third kappa shape index (κ3) is 7.05. The number of carbonyl (C=O) groups is 2. The van der Waals surface area contributed by atoms with Crippen LogP contribution in [0.4, 0.5) is 0 Å². The summed E-state index contributed by atoms with van der Waals surface area (Å²) in [7, 11) is 0. The van der Waals surface area contributed by atoms with E-state index in [2.05, 4.69) is 22.5 Å². The van der Waals surface area contributed by atoms with Gasteiger partial charge in [-0.15, -0.1) is 0 Å². The van der Waals surface area contributed by atoms with Gasteiger partial charge in [0.1, 0.15) is 5.03 Å². The lowest BCUT2D eigenvalue weighted by molar-refractivity contribution is -0.118. The second-order valence-electron chi connectivity index (χ2n) is 5.78. The molecule has 0 aliphatic carbocycles. The number of hydrogen-bond donors (Lipinski definition) is 2. The Balaban J connectivity index is 1.94. The normalized spacial score (nSPS) is 10.5. The molecule has 0 saturated heterocycles. The van der Waals surface area contributed by atoms with Crippen LogP contribution in [0.3, 0.4) is 0 Å². The van der Waals surface area contributed by atoms with Crippen LogP contribution in [0.25, 0.3) is 0 Å². The molecule has 0 fully saturated rings. The topological polar surface area (TPSA) is 71.1 Å². The molecule has 144 valence electrons. The van der Waals surface area contributed by atoms with Gasteiger partial charge in [-0.1, -0.05) is 54.4 Å². The number of carbonyl (C=O) groups excluding carboxylic acids is 2. The van der Waals surface area contributed by atoms with E-state index < -0.39 is 0 Å². The number of nitrogens with one attached hydrogen (secondary N) is 2. The number of unbranched alkanes of at least 4 members (excludes halogenated alkanes) is 1. The van der Waals surface area contributed by atoms with Gasteiger partial charge >= 0.3 is 0 Å². The fourth-order valence-electron chi connectivity index (χ4n) is 2.20. The van der Waals surface area contributed by atoms with Crippen LogP contribution in [-0.2, 0) is 11.3 Å². The second-order valence-corrected chi connectivity index (χ2v) is 7.56. The second kappa shape index (κ2) is 11.2. The summed E-state index contributed by atoms with van der Waals surface area (Å²) in [6.07, 6.45) is 3.58. The van der Waals surface area contributed by atoms with Crippen LogP contribution in [0.15, 0.2) is 41.6 Å². The molecule has 5 nitrogen and oxygen atoms in total. The average Bonchev–Trinajstić information content (AvgIpc) is 2.67. The number of pyridine rings is 1. The smallest absolute Gasteiger partial charge is 0.254 e. The van der Waals surface area contributed by atoms with Gasteiger partial charge in [0, 0.05) is 19.3 Å². The number of thioether (sulfide) groups is 1. The third-order valence-electron chi connectivity index (χ3n) is 3.65. The molecule has 1 heterocycles. The number of benzene rings is 1. The monoisotopic (exact) mass is 425 g/mol. The van der Waals surface area contributed by atoms with Crippen molar-refractivity contribution in [2.24, 2.45) is 0 Å². The highest BCUT2D eigenvalue weighted by molar-refractivity contribution is 8.00. The molecule has 2 aromatic rings. The van der Waals surface area contributed by atoms with Crippen molar-refractivity contribution < 1.29 is 9.59 Å². The molecule has 0 unspecified atom stereocenters. The summed E-state index contributed by atoms with van der Waals surface area (Å²) >= 11 is 13.1. The Bertz CT molecular complexity index is 802. The number of hydrogen-bond acceptors (Lipinski definition) is 4. The SMILES string of the molecule is CCCCNC(=O)CSc1ncccc1C(=O)NCc1ccc(Cl)c(Cl)c1. The first-order chi connectivity index (χ1) is 13.0. The minimum Gasteiger partial charge on any atom is -0.355 e. The predicted molar refractivity (Wildman–Crippen MR) is 111 cm³/mol. The van der Waals surface area contributed by atoms with Crippen molar-refractivity contribution >= 4 is 46.8 Å². The van der Waals surface area contributed by atoms with E-state index in [1.54, 1.807) is 36.5 Å². The summed E-state index contributed by atoms with van der Waals surface area (Å²) in [6.45, 7) is 3.04. The Morgan fingerprint density at radius 2 is 1.96 bits per heavy atom. The van der Waals surface area contributed by atoms with Crippen LogP contribution < -0.4 is 10.6 Å². The molecule has 0 spiro atoms. The molecule has 0 atom stereocenters. The molecule has 2 rings (SSSR count). The minimum atomic E-state index is -0.261. The lowest BCUT2D eigenvalue weighted by Crippen LogP contribution is -2.26. The summed E-state index contributed by atoms with van der Waals surface area (Å²) in [5.74, 6) is -0.113. The molecule has 0 bridgehead atoms. The van der Waals surface area contributed by atoms with E-state index in [-0.39, 0.29) is 17.6 Å². The zero-order valence-electron chi connectivity index (χ0n) is 14.9. The van der Waals surface area contributed by atoms with Gasteiger partial charge in [-0.2, -0.15) is 0 Å². The summed E-state index contributed by atoms with van der Waals surface area (Å²) in [4.78, 5) is 28.6. The van der Waals surface area contributed by atoms with E-state index in [1.165, 1.54) is 11.8 Å². The van der Waals surface area contributed by atoms with Crippen molar-refractivity contribution in [3.63, 3.8) is 0 Å². The Labute approximate surface area is 173 Å². The maximum atomic E-state index is 12.5. The van der Waals surface area contributed by atoms with E-state index in [9.17, 15) is 9.59 Å². The molecule has 0 saturated carbocycles. The van der Waals surface area contributed by atoms with Crippen molar-refractivity contribution in [1.82, 2.24) is 15.6 Å². The van der Waals surface area contributed by atoms with E-state index in [0.717, 1.165) is 18.4 Å². The zero-order valence-corrected chi connectivity index (χ0v) is 17.3. The van der Waals surface area contributed by atoms with Gasteiger partial charge in [0.25, 0.3) is 5.91 Å². The number of rotatable bonds is 9. The lowest BCUT2D eigenvalue weighted by Gasteiger charge is -2.10. The number of halogens is 2. The van der Waals surface area contributed by atoms with Crippen LogP contribution in [0.1, 0.15) is 35.7 Å². The summed E-state index contributed by atoms with van der Waals surface area (Å²) in [5.41, 5.74) is 1.27. The summed E-state index contributed by atoms with van der Waals surface area (Å²) < 4.78 is 0. The van der Waals surface area contributed by atoms with E-state index >= 15 is 0 Å². The Morgan fingerprint density at radius 1 is 1.15 bits per heavy atom. The molecule has 27 heavy (non-hydrogen) atoms. The first kappa shape index (κ1) is 21.5. The summed E-state index contributed by atoms with van der Waals surface area (Å²) in [5, 5.41) is 7.12. The fourth-order valence-corrected chi connectivity index (χ4v) is 3.34. The van der Waals surface area contributed by atoms with Crippen molar-refractivity contribution in [1.29, 1.82) is 0 Å². The molecule has 2 N–H and O–H groups in total. The van der Waals surface area contributed by atoms with Crippen LogP contribution in [0, 0.1) is 0 Å². The Hall–Kier alpha value is -1.76. The van der Waals surface area contributed by atoms with E-state index in [0.29, 0.717) is 33.7 Å². The quantitative estimate of drug-likeness (QED) is 0.463. The molecular weight excluding hydrogens is 405 g/mol. The first-order valence-corrected chi connectivity index (χ1v) is 10.3. The van der Waals surface area contributed by atoms with Crippen LogP contribution >= 0.6 is 35.0 Å². The highest BCUT2D eigenvalue weighted by atomic mass is 35.5. The van der Waals surface area contributed by atoms with Gasteiger partial charge in [0.2, 0.25) is 5.91 Å². The largest absolute Gasteiger partial charge is 0.355 e. The molecule has 0 radical (unpaired) electrons. The lowest BCUT2D eigenvalue weighted by atomic mass is 10.2. The third-order valence-corrected chi connectivity index (χ3v) is 5.39. The Morgan fingerprint density at radius 3 is 2.70 bits per heavy atom. The molecule has 8 heteroatoms. The number of amides is 2. The maximum absolute atomic E-state index is 12.5. The van der Waals surface area contributed by atoms with Gasteiger partial charge in [0.05, 0.1) is 21.4 Å². The predicted octanol–water partition coefficient (Wildman–Crippen LogP) is 4.33. The van der Waals surface area contributed by atoms with Crippen molar-refractivity contribution in [2.45, 2.75) is 31.3 Å². The van der Waals surface area contributed by atoms with E-state index in [1.807, 2.05) is 0 Å². The maximum Gasteiger partial charge on any atom is 0.254 e. The van der Waals surface area contributed by atoms with Crippen molar-refractivity contribution in [3.8, 4) is 0 Å². The first-order valence-electron chi connectivity index (χ1n) is 8.58. The molecular formula is C19H21Cl2N3O2S. The highest BCUT2D eigenvalue weighted by Crippen LogP contribution is 2.23. The number of aromatic nitrogens is 1. The molecule has 2 amide bonds. The molecule has 0 aliphatic heterocycles. The Kier molecular flexibility index (Phi) is 8.91. The van der Waals surface area contributed by atoms with Crippen LogP contribution in [0.5, 0.6) is 0 Å². The standard InChI is InChI=1S/C19H21Cl2N3O2S/c1-2-3-8-22-17(25)12-27-19-14(5-4-9-23-19)18(26)24-11-13-6-7-15(20)16(21)10-13/h4-7,9-10H,2-3,8,11-12H2,1H3,(H,22,25)(H,24,26). The molecule has 0 aliphatic rings. The summed E-state index contributed by atoms with van der Waals surface area (Å²) in [6, 6.07) is 8.58. The van der Waals surface area contributed by atoms with Crippen molar-refractivity contribution in [3.05, 3.63) is 57.7 Å². The van der Waals surface area contributed by atoms with E-state index in [4.69, 9.17) is 23.2 Å². The van der Waals surface area contributed by atoms with Gasteiger partial charge in [-0.3, -0.25) is 9.59 Å².